The predicted molar refractivity (Wildman–Crippen MR) is 76.2 cm³/mol. The number of rotatable bonds is 5. The Morgan fingerprint density at radius 2 is 1.95 bits per heavy atom. The molecule has 0 aliphatic heterocycles. The van der Waals surface area contributed by atoms with Crippen molar-refractivity contribution < 1.29 is 14.1 Å². The molecule has 3 N–H and O–H groups in total. The summed E-state index contributed by atoms with van der Waals surface area (Å²) in [6, 6.07) is 8.03. The third kappa shape index (κ3) is 3.47. The molecule has 0 saturated heterocycles. The van der Waals surface area contributed by atoms with Crippen LogP contribution in [0.4, 0.5) is 0 Å². The second kappa shape index (κ2) is 6.21. The zero-order chi connectivity index (χ0) is 15.4. The van der Waals surface area contributed by atoms with Crippen LogP contribution in [0.25, 0.3) is 0 Å². The van der Waals surface area contributed by atoms with Gasteiger partial charge in [0.25, 0.3) is 0 Å². The number of hydrogen-bond donors (Lipinski definition) is 2. The fraction of sp³-hybridized carbons (Fsp3) is 0.267. The van der Waals surface area contributed by atoms with Gasteiger partial charge in [0.2, 0.25) is 11.8 Å². The van der Waals surface area contributed by atoms with Gasteiger partial charge < -0.3 is 15.6 Å². The van der Waals surface area contributed by atoms with Crippen molar-refractivity contribution in [1.82, 2.24) is 10.5 Å². The van der Waals surface area contributed by atoms with Gasteiger partial charge in [-0.05, 0) is 19.4 Å². The van der Waals surface area contributed by atoms with E-state index in [2.05, 4.69) is 10.5 Å². The third-order valence-electron chi connectivity index (χ3n) is 3.24. The number of benzene rings is 1. The molecular formula is C15H17N3O3. The third-order valence-corrected chi connectivity index (χ3v) is 3.24. The van der Waals surface area contributed by atoms with Crippen molar-refractivity contribution in [2.45, 2.75) is 26.3 Å². The summed E-state index contributed by atoms with van der Waals surface area (Å²) >= 11 is 0. The largest absolute Gasteiger partial charge is 0.368 e. The molecule has 0 fully saturated rings. The average Bonchev–Trinajstić information content (AvgIpc) is 2.77. The Bertz CT molecular complexity index is 630. The summed E-state index contributed by atoms with van der Waals surface area (Å²) < 4.78 is 5.01. The summed E-state index contributed by atoms with van der Waals surface area (Å²) in [5.74, 6) is -0.316. The quantitative estimate of drug-likeness (QED) is 0.862. The Balaban J connectivity index is 2.11. The smallest absolute Gasteiger partial charge is 0.244 e. The van der Waals surface area contributed by atoms with Gasteiger partial charge in [0.1, 0.15) is 11.8 Å². The van der Waals surface area contributed by atoms with Gasteiger partial charge >= 0.3 is 0 Å². The number of carbonyl (C=O) groups is 2. The molecule has 0 aliphatic rings. The van der Waals surface area contributed by atoms with Crippen LogP contribution in [0.1, 0.15) is 28.6 Å². The molecule has 1 aromatic heterocycles. The molecule has 2 amide bonds. The van der Waals surface area contributed by atoms with Crippen LogP contribution in [-0.4, -0.2) is 17.0 Å². The molecule has 21 heavy (non-hydrogen) atoms. The first-order valence-corrected chi connectivity index (χ1v) is 6.54. The van der Waals surface area contributed by atoms with E-state index in [4.69, 9.17) is 10.3 Å². The molecule has 1 atom stereocenters. The molecule has 0 radical (unpaired) electrons. The van der Waals surface area contributed by atoms with Gasteiger partial charge in [-0.25, -0.2) is 0 Å². The maximum absolute atomic E-state index is 12.1. The molecule has 1 aromatic carbocycles. The summed E-state index contributed by atoms with van der Waals surface area (Å²) in [5, 5.41) is 6.44. The number of carbonyl (C=O) groups excluding carboxylic acids is 2. The van der Waals surface area contributed by atoms with Crippen LogP contribution in [0.2, 0.25) is 0 Å². The van der Waals surface area contributed by atoms with E-state index in [1.54, 1.807) is 38.1 Å². The highest BCUT2D eigenvalue weighted by Gasteiger charge is 2.21. The van der Waals surface area contributed by atoms with Gasteiger partial charge in [-0.2, -0.15) is 0 Å². The Morgan fingerprint density at radius 1 is 1.29 bits per heavy atom. The standard InChI is InChI=1S/C15H17N3O3/c1-9-12(10(2)21-18-9)8-13(19)17-14(15(16)20)11-6-4-3-5-7-11/h3-7,14H,8H2,1-2H3,(H2,16,20)(H,17,19). The number of amides is 2. The maximum Gasteiger partial charge on any atom is 0.244 e. The lowest BCUT2D eigenvalue weighted by Gasteiger charge is -2.15. The Labute approximate surface area is 122 Å². The van der Waals surface area contributed by atoms with Crippen LogP contribution in [0, 0.1) is 13.8 Å². The molecule has 6 nitrogen and oxygen atoms in total. The van der Waals surface area contributed by atoms with E-state index >= 15 is 0 Å². The van der Waals surface area contributed by atoms with Gasteiger partial charge in [-0.15, -0.1) is 0 Å². The van der Waals surface area contributed by atoms with Crippen molar-refractivity contribution in [3.63, 3.8) is 0 Å². The minimum Gasteiger partial charge on any atom is -0.368 e. The van der Waals surface area contributed by atoms with Gasteiger partial charge in [0.15, 0.2) is 0 Å². The molecule has 1 heterocycles. The minimum absolute atomic E-state index is 0.0950. The normalized spacial score (nSPS) is 11.9. The van der Waals surface area contributed by atoms with Crippen molar-refractivity contribution in [3.8, 4) is 0 Å². The summed E-state index contributed by atoms with van der Waals surface area (Å²) in [7, 11) is 0. The summed E-state index contributed by atoms with van der Waals surface area (Å²) in [6.07, 6.45) is 0.0950. The van der Waals surface area contributed by atoms with E-state index in [0.29, 0.717) is 17.0 Å². The molecule has 0 spiro atoms. The fourth-order valence-corrected chi connectivity index (χ4v) is 2.09. The highest BCUT2D eigenvalue weighted by atomic mass is 16.5. The van der Waals surface area contributed by atoms with E-state index in [0.717, 1.165) is 5.56 Å². The lowest BCUT2D eigenvalue weighted by atomic mass is 10.1. The Hall–Kier alpha value is -2.63. The van der Waals surface area contributed by atoms with Crippen LogP contribution < -0.4 is 11.1 Å². The number of hydrogen-bond acceptors (Lipinski definition) is 4. The number of nitrogens with one attached hydrogen (secondary N) is 1. The highest BCUT2D eigenvalue weighted by Crippen LogP contribution is 2.15. The molecule has 0 bridgehead atoms. The van der Waals surface area contributed by atoms with E-state index in [9.17, 15) is 9.59 Å². The van der Waals surface area contributed by atoms with Gasteiger partial charge in [-0.1, -0.05) is 35.5 Å². The Kier molecular flexibility index (Phi) is 4.37. The molecule has 6 heteroatoms. The zero-order valence-corrected chi connectivity index (χ0v) is 11.9. The highest BCUT2D eigenvalue weighted by molar-refractivity contribution is 5.88. The molecule has 2 rings (SSSR count). The van der Waals surface area contributed by atoms with Crippen LogP contribution in [0.15, 0.2) is 34.9 Å². The molecule has 1 unspecified atom stereocenters. The lowest BCUT2D eigenvalue weighted by Crippen LogP contribution is -2.38. The van der Waals surface area contributed by atoms with Crippen molar-refractivity contribution in [2.75, 3.05) is 0 Å². The molecule has 0 saturated carbocycles. The first-order chi connectivity index (χ1) is 9.99. The van der Waals surface area contributed by atoms with Crippen molar-refractivity contribution >= 4 is 11.8 Å². The van der Waals surface area contributed by atoms with E-state index < -0.39 is 11.9 Å². The van der Waals surface area contributed by atoms with Crippen molar-refractivity contribution in [2.24, 2.45) is 5.73 Å². The van der Waals surface area contributed by atoms with E-state index in [1.165, 1.54) is 0 Å². The topological polar surface area (TPSA) is 98.2 Å². The number of nitrogens with zero attached hydrogens (tertiary/aromatic N) is 1. The van der Waals surface area contributed by atoms with Crippen LogP contribution in [0.5, 0.6) is 0 Å². The van der Waals surface area contributed by atoms with Crippen molar-refractivity contribution in [3.05, 3.63) is 52.9 Å². The van der Waals surface area contributed by atoms with Gasteiger partial charge in [0, 0.05) is 5.56 Å². The number of aromatic nitrogens is 1. The maximum atomic E-state index is 12.1. The molecule has 0 aliphatic carbocycles. The minimum atomic E-state index is -0.848. The van der Waals surface area contributed by atoms with Gasteiger partial charge in [-0.3, -0.25) is 9.59 Å². The predicted octanol–water partition coefficient (Wildman–Crippen LogP) is 1.18. The average molecular weight is 287 g/mol. The monoisotopic (exact) mass is 287 g/mol. The number of primary amides is 1. The molecule has 110 valence electrons. The summed E-state index contributed by atoms with van der Waals surface area (Å²) in [5.41, 5.74) is 7.41. The van der Waals surface area contributed by atoms with Crippen LogP contribution in [-0.2, 0) is 16.0 Å². The summed E-state index contributed by atoms with van der Waals surface area (Å²) in [6.45, 7) is 3.51. The van der Waals surface area contributed by atoms with E-state index in [-0.39, 0.29) is 12.3 Å². The SMILES string of the molecule is Cc1noc(C)c1CC(=O)NC(C(N)=O)c1ccccc1. The lowest BCUT2D eigenvalue weighted by molar-refractivity contribution is -0.127. The first-order valence-electron chi connectivity index (χ1n) is 6.54. The molecular weight excluding hydrogens is 270 g/mol. The number of nitrogens with two attached hydrogens (primary N) is 1. The number of aryl methyl sites for hydroxylation is 2. The van der Waals surface area contributed by atoms with Crippen molar-refractivity contribution in [1.29, 1.82) is 0 Å². The first kappa shape index (κ1) is 14.8. The van der Waals surface area contributed by atoms with Crippen LogP contribution >= 0.6 is 0 Å². The van der Waals surface area contributed by atoms with Gasteiger partial charge in [0.05, 0.1) is 12.1 Å². The fourth-order valence-electron chi connectivity index (χ4n) is 2.09. The van der Waals surface area contributed by atoms with Crippen LogP contribution in [0.3, 0.4) is 0 Å². The van der Waals surface area contributed by atoms with E-state index in [1.807, 2.05) is 6.07 Å². The Morgan fingerprint density at radius 3 is 2.48 bits per heavy atom. The zero-order valence-electron chi connectivity index (χ0n) is 11.9. The second-order valence-electron chi connectivity index (χ2n) is 4.79. The summed E-state index contributed by atoms with van der Waals surface area (Å²) in [4.78, 5) is 23.7. The molecule has 2 aromatic rings. The second-order valence-corrected chi connectivity index (χ2v) is 4.79.